The van der Waals surface area contributed by atoms with E-state index in [0.29, 0.717) is 15.7 Å². The summed E-state index contributed by atoms with van der Waals surface area (Å²) in [6, 6.07) is 0. The van der Waals surface area contributed by atoms with Crippen molar-refractivity contribution in [2.45, 2.75) is 53.3 Å². The molecule has 0 aliphatic rings. The average Bonchev–Trinajstić information content (AvgIpc) is 2.64. The first kappa shape index (κ1) is 25.1. The standard InChI is InChI=1S/C20H29N3O7/c1-9-17(24)30-16(8)23-19(26)21(14(6)28-10-12(2)3)18(25)22(20(23)27)15(7)29-11-13(4)5/h9,14-16H,1-2,4,10-11H2,3,5-8H3. The van der Waals surface area contributed by atoms with Crippen LogP contribution in [-0.2, 0) is 19.0 Å². The fourth-order valence-corrected chi connectivity index (χ4v) is 2.47. The van der Waals surface area contributed by atoms with Crippen LogP contribution in [0, 0.1) is 0 Å². The Morgan fingerprint density at radius 3 is 1.47 bits per heavy atom. The lowest BCUT2D eigenvalue weighted by Gasteiger charge is -2.23. The molecule has 0 bridgehead atoms. The molecular formula is C20H29N3O7. The van der Waals surface area contributed by atoms with Crippen molar-refractivity contribution in [1.29, 1.82) is 0 Å². The topological polar surface area (TPSA) is 111 Å². The molecule has 0 amide bonds. The number of aromatic nitrogens is 3. The molecule has 0 radical (unpaired) electrons. The molecule has 3 unspecified atom stereocenters. The Labute approximate surface area is 174 Å². The van der Waals surface area contributed by atoms with Crippen LogP contribution in [0.4, 0.5) is 0 Å². The normalized spacial score (nSPS) is 13.9. The minimum atomic E-state index is -1.31. The van der Waals surface area contributed by atoms with Crippen LogP contribution in [0.25, 0.3) is 0 Å². The zero-order valence-corrected chi connectivity index (χ0v) is 18.0. The molecule has 3 atom stereocenters. The van der Waals surface area contributed by atoms with Gasteiger partial charge in [0.05, 0.1) is 13.2 Å². The van der Waals surface area contributed by atoms with Gasteiger partial charge in [-0.2, -0.15) is 0 Å². The highest BCUT2D eigenvalue weighted by atomic mass is 16.6. The highest BCUT2D eigenvalue weighted by Gasteiger charge is 2.26. The quantitative estimate of drug-likeness (QED) is 0.302. The Morgan fingerprint density at radius 1 is 0.833 bits per heavy atom. The summed E-state index contributed by atoms with van der Waals surface area (Å²) in [5.41, 5.74) is -1.56. The second-order valence-corrected chi connectivity index (χ2v) is 6.93. The average molecular weight is 423 g/mol. The molecule has 1 aromatic heterocycles. The van der Waals surface area contributed by atoms with Crippen molar-refractivity contribution >= 4 is 5.97 Å². The number of nitrogens with zero attached hydrogens (tertiary/aromatic N) is 3. The maximum atomic E-state index is 13.0. The number of hydrogen-bond acceptors (Lipinski definition) is 7. The van der Waals surface area contributed by atoms with Gasteiger partial charge in [0.2, 0.25) is 0 Å². The number of esters is 1. The second kappa shape index (κ2) is 10.7. The SMILES string of the molecule is C=CC(=O)OC(C)n1c(=O)n(C(C)OCC(=C)C)c(=O)n(C(C)OCC(=C)C)c1=O. The van der Waals surface area contributed by atoms with E-state index < -0.39 is 41.7 Å². The van der Waals surface area contributed by atoms with Crippen molar-refractivity contribution in [3.05, 3.63) is 68.4 Å². The Bertz CT molecular complexity index is 937. The molecule has 0 spiro atoms. The Balaban J connectivity index is 3.69. The van der Waals surface area contributed by atoms with Crippen LogP contribution < -0.4 is 17.1 Å². The van der Waals surface area contributed by atoms with Gasteiger partial charge >= 0.3 is 23.0 Å². The number of rotatable bonds is 11. The largest absolute Gasteiger partial charge is 0.438 e. The molecule has 10 nitrogen and oxygen atoms in total. The van der Waals surface area contributed by atoms with Crippen LogP contribution in [0.2, 0.25) is 0 Å². The van der Waals surface area contributed by atoms with E-state index in [1.54, 1.807) is 13.8 Å². The number of carbonyl (C=O) groups excluding carboxylic acids is 1. The van der Waals surface area contributed by atoms with Gasteiger partial charge in [0.15, 0.2) is 6.23 Å². The van der Waals surface area contributed by atoms with Crippen LogP contribution >= 0.6 is 0 Å². The maximum absolute atomic E-state index is 13.0. The summed E-state index contributed by atoms with van der Waals surface area (Å²) in [7, 11) is 0. The molecule has 0 aliphatic heterocycles. The van der Waals surface area contributed by atoms with Crippen molar-refractivity contribution in [3.8, 4) is 0 Å². The van der Waals surface area contributed by atoms with Gasteiger partial charge < -0.3 is 14.2 Å². The van der Waals surface area contributed by atoms with Gasteiger partial charge in [0.1, 0.15) is 12.5 Å². The van der Waals surface area contributed by atoms with E-state index in [2.05, 4.69) is 19.7 Å². The first-order valence-electron chi connectivity index (χ1n) is 9.26. The lowest BCUT2D eigenvalue weighted by molar-refractivity contribution is -0.147. The Hall–Kier alpha value is -2.98. The molecule has 1 aromatic rings. The number of hydrogen-bond donors (Lipinski definition) is 0. The van der Waals surface area contributed by atoms with E-state index >= 15 is 0 Å². The molecule has 166 valence electrons. The van der Waals surface area contributed by atoms with Gasteiger partial charge in [-0.1, -0.05) is 30.9 Å². The summed E-state index contributed by atoms with van der Waals surface area (Å²) < 4.78 is 18.2. The van der Waals surface area contributed by atoms with Crippen LogP contribution in [0.1, 0.15) is 53.3 Å². The summed E-state index contributed by atoms with van der Waals surface area (Å²) in [6.45, 7) is 18.6. The van der Waals surface area contributed by atoms with E-state index in [9.17, 15) is 19.2 Å². The zero-order chi connectivity index (χ0) is 23.2. The molecule has 30 heavy (non-hydrogen) atoms. The molecule has 0 aromatic carbocycles. The molecule has 0 fully saturated rings. The minimum absolute atomic E-state index is 0.0922. The predicted octanol–water partition coefficient (Wildman–Crippen LogP) is 1.64. The number of ether oxygens (including phenoxy) is 3. The summed E-state index contributed by atoms with van der Waals surface area (Å²) in [5, 5.41) is 0. The molecular weight excluding hydrogens is 394 g/mol. The number of carbonyl (C=O) groups is 1. The molecule has 0 saturated carbocycles. The summed E-state index contributed by atoms with van der Waals surface area (Å²) in [4.78, 5) is 50.6. The molecule has 0 aliphatic carbocycles. The highest BCUT2D eigenvalue weighted by molar-refractivity contribution is 5.81. The van der Waals surface area contributed by atoms with Gasteiger partial charge in [0, 0.05) is 6.08 Å². The summed E-state index contributed by atoms with van der Waals surface area (Å²) >= 11 is 0. The van der Waals surface area contributed by atoms with E-state index in [4.69, 9.17) is 14.2 Å². The predicted molar refractivity (Wildman–Crippen MR) is 111 cm³/mol. The zero-order valence-electron chi connectivity index (χ0n) is 18.0. The minimum Gasteiger partial charge on any atom is -0.438 e. The molecule has 1 rings (SSSR count). The lowest BCUT2D eigenvalue weighted by atomic mass is 10.4. The summed E-state index contributed by atoms with van der Waals surface area (Å²) in [5.74, 6) is -0.837. The summed E-state index contributed by atoms with van der Waals surface area (Å²) in [6.07, 6.45) is -2.48. The third kappa shape index (κ3) is 6.01. The fourth-order valence-electron chi connectivity index (χ4n) is 2.47. The van der Waals surface area contributed by atoms with Crippen LogP contribution in [-0.4, -0.2) is 32.9 Å². The van der Waals surface area contributed by atoms with Gasteiger partial charge in [-0.25, -0.2) is 32.9 Å². The van der Waals surface area contributed by atoms with Crippen LogP contribution in [0.15, 0.2) is 51.3 Å². The fraction of sp³-hybridized carbons (Fsp3) is 0.500. The van der Waals surface area contributed by atoms with Gasteiger partial charge in [-0.05, 0) is 34.6 Å². The first-order valence-corrected chi connectivity index (χ1v) is 9.26. The van der Waals surface area contributed by atoms with E-state index in [-0.39, 0.29) is 13.2 Å². The van der Waals surface area contributed by atoms with Gasteiger partial charge in [0.25, 0.3) is 0 Å². The Morgan fingerprint density at radius 2 is 1.17 bits per heavy atom. The van der Waals surface area contributed by atoms with Crippen molar-refractivity contribution in [2.24, 2.45) is 0 Å². The van der Waals surface area contributed by atoms with Crippen LogP contribution in [0.3, 0.4) is 0 Å². The smallest absolute Gasteiger partial charge is 0.341 e. The van der Waals surface area contributed by atoms with Gasteiger partial charge in [-0.3, -0.25) is 0 Å². The van der Waals surface area contributed by atoms with Crippen molar-refractivity contribution < 1.29 is 19.0 Å². The molecule has 10 heteroatoms. The third-order valence-corrected chi connectivity index (χ3v) is 3.92. The van der Waals surface area contributed by atoms with E-state index in [1.165, 1.54) is 20.8 Å². The van der Waals surface area contributed by atoms with E-state index in [0.717, 1.165) is 15.2 Å². The molecule has 0 saturated heterocycles. The Kier molecular flexibility index (Phi) is 8.94. The van der Waals surface area contributed by atoms with Crippen molar-refractivity contribution in [3.63, 3.8) is 0 Å². The van der Waals surface area contributed by atoms with E-state index in [1.807, 2.05) is 0 Å². The maximum Gasteiger partial charge on any atom is 0.341 e. The first-order chi connectivity index (χ1) is 13.9. The highest BCUT2D eigenvalue weighted by Crippen LogP contribution is 2.09. The van der Waals surface area contributed by atoms with Crippen LogP contribution in [0.5, 0.6) is 0 Å². The third-order valence-electron chi connectivity index (χ3n) is 3.92. The van der Waals surface area contributed by atoms with Crippen molar-refractivity contribution in [2.75, 3.05) is 13.2 Å². The van der Waals surface area contributed by atoms with Crippen molar-refractivity contribution in [1.82, 2.24) is 13.7 Å². The molecule has 0 N–H and O–H groups in total. The lowest BCUT2D eigenvalue weighted by Crippen LogP contribution is -2.57. The van der Waals surface area contributed by atoms with Gasteiger partial charge in [-0.15, -0.1) is 0 Å². The molecule has 1 heterocycles. The monoisotopic (exact) mass is 423 g/mol. The second-order valence-electron chi connectivity index (χ2n) is 6.93.